The Morgan fingerprint density at radius 2 is 1.97 bits per heavy atom. The molecule has 0 aliphatic heterocycles. The molecule has 170 valence electrons. The molecule has 9 nitrogen and oxygen atoms in total. The molecule has 9 heteroatoms. The molecule has 0 saturated carbocycles. The topological polar surface area (TPSA) is 92.5 Å². The van der Waals surface area contributed by atoms with Crippen LogP contribution in [0.15, 0.2) is 66.2 Å². The number of likely N-dealkylation sites (N-methyl/N-ethyl adjacent to an activating group) is 1. The lowest BCUT2D eigenvalue weighted by molar-refractivity contribution is 0.400. The molecule has 0 spiro atoms. The van der Waals surface area contributed by atoms with Crippen LogP contribution < -0.4 is 15.5 Å². The van der Waals surface area contributed by atoms with Gasteiger partial charge < -0.3 is 15.0 Å². The standard InChI is InChI=1S/C24H28N8O/c1-31(2)12-11-25-14-18-7-9-19(10-8-18)15-28-30-23-22-16-29-32(24(22)27-17-26-23)20-5-4-6-21(13-20)33-3/h4-10,13,15-17,25H,11-12,14H2,1-3H3,(H,26,27,30)/b28-15+. The Morgan fingerprint density at radius 1 is 1.12 bits per heavy atom. The number of ether oxygens (including phenoxy) is 1. The number of nitrogens with zero attached hydrogens (tertiary/aromatic N) is 6. The average Bonchev–Trinajstić information content (AvgIpc) is 3.28. The fraction of sp³-hybridized carbons (Fsp3) is 0.250. The first-order chi connectivity index (χ1) is 16.1. The summed E-state index contributed by atoms with van der Waals surface area (Å²) in [6.07, 6.45) is 4.99. The summed E-state index contributed by atoms with van der Waals surface area (Å²) in [5, 5.41) is 13.0. The van der Waals surface area contributed by atoms with Gasteiger partial charge in [-0.25, -0.2) is 14.6 Å². The molecular weight excluding hydrogens is 416 g/mol. The van der Waals surface area contributed by atoms with Crippen molar-refractivity contribution in [2.75, 3.05) is 39.7 Å². The summed E-state index contributed by atoms with van der Waals surface area (Å²) in [6.45, 7) is 2.83. The molecular formula is C24H28N8O. The number of hydrogen-bond acceptors (Lipinski definition) is 8. The van der Waals surface area contributed by atoms with E-state index in [0.717, 1.165) is 42.0 Å². The van der Waals surface area contributed by atoms with Crippen molar-refractivity contribution in [3.63, 3.8) is 0 Å². The number of aromatic nitrogens is 4. The maximum atomic E-state index is 5.31. The van der Waals surface area contributed by atoms with Crippen LogP contribution in [-0.2, 0) is 6.54 Å². The number of anilines is 1. The molecule has 0 aliphatic carbocycles. The number of fused-ring (bicyclic) bond motifs is 1. The van der Waals surface area contributed by atoms with Crippen molar-refractivity contribution in [3.8, 4) is 11.4 Å². The van der Waals surface area contributed by atoms with Gasteiger partial charge in [-0.15, -0.1) is 0 Å². The Balaban J connectivity index is 1.42. The van der Waals surface area contributed by atoms with E-state index in [1.54, 1.807) is 24.2 Å². The van der Waals surface area contributed by atoms with Crippen LogP contribution in [0.5, 0.6) is 5.75 Å². The second-order valence-corrected chi connectivity index (χ2v) is 7.81. The van der Waals surface area contributed by atoms with E-state index < -0.39 is 0 Å². The molecule has 0 saturated heterocycles. The van der Waals surface area contributed by atoms with E-state index in [9.17, 15) is 0 Å². The summed E-state index contributed by atoms with van der Waals surface area (Å²) in [4.78, 5) is 10.9. The summed E-state index contributed by atoms with van der Waals surface area (Å²) in [6, 6.07) is 16.0. The van der Waals surface area contributed by atoms with Crippen LogP contribution in [-0.4, -0.2) is 65.2 Å². The first-order valence-corrected chi connectivity index (χ1v) is 10.7. The number of rotatable bonds is 10. The molecule has 0 atom stereocenters. The van der Waals surface area contributed by atoms with Crippen molar-refractivity contribution >= 4 is 23.1 Å². The van der Waals surface area contributed by atoms with Crippen molar-refractivity contribution in [1.82, 2.24) is 30.0 Å². The maximum Gasteiger partial charge on any atom is 0.168 e. The first kappa shape index (κ1) is 22.4. The lowest BCUT2D eigenvalue weighted by Gasteiger charge is -2.10. The Labute approximate surface area is 193 Å². The fourth-order valence-electron chi connectivity index (χ4n) is 3.29. The van der Waals surface area contributed by atoms with Gasteiger partial charge in [0.25, 0.3) is 0 Å². The van der Waals surface area contributed by atoms with Crippen LogP contribution >= 0.6 is 0 Å². The molecule has 33 heavy (non-hydrogen) atoms. The molecule has 0 fully saturated rings. The number of hydrogen-bond donors (Lipinski definition) is 2. The molecule has 4 rings (SSSR count). The predicted octanol–water partition coefficient (Wildman–Crippen LogP) is 2.92. The van der Waals surface area contributed by atoms with Gasteiger partial charge in [-0.3, -0.25) is 5.43 Å². The van der Waals surface area contributed by atoms with Crippen molar-refractivity contribution < 1.29 is 4.74 Å². The van der Waals surface area contributed by atoms with Gasteiger partial charge in [-0.2, -0.15) is 10.2 Å². The minimum absolute atomic E-state index is 0.590. The number of hydrazone groups is 1. The zero-order chi connectivity index (χ0) is 23.0. The van der Waals surface area contributed by atoms with Crippen LogP contribution in [0.1, 0.15) is 11.1 Å². The van der Waals surface area contributed by atoms with E-state index in [2.05, 4.69) is 62.0 Å². The third-order valence-corrected chi connectivity index (χ3v) is 5.09. The Kier molecular flexibility index (Phi) is 7.23. The minimum atomic E-state index is 0.590. The highest BCUT2D eigenvalue weighted by molar-refractivity contribution is 5.88. The van der Waals surface area contributed by atoms with E-state index in [4.69, 9.17) is 4.74 Å². The second kappa shape index (κ2) is 10.7. The second-order valence-electron chi connectivity index (χ2n) is 7.81. The van der Waals surface area contributed by atoms with Crippen molar-refractivity contribution in [2.24, 2.45) is 5.10 Å². The van der Waals surface area contributed by atoms with Crippen molar-refractivity contribution in [2.45, 2.75) is 6.54 Å². The van der Waals surface area contributed by atoms with Crippen LogP contribution in [0.4, 0.5) is 5.82 Å². The molecule has 0 bridgehead atoms. The zero-order valence-electron chi connectivity index (χ0n) is 19.1. The van der Waals surface area contributed by atoms with E-state index >= 15 is 0 Å². The highest BCUT2D eigenvalue weighted by Gasteiger charge is 2.11. The van der Waals surface area contributed by atoms with Crippen molar-refractivity contribution in [1.29, 1.82) is 0 Å². The van der Waals surface area contributed by atoms with Crippen LogP contribution in [0.2, 0.25) is 0 Å². The van der Waals surface area contributed by atoms with Gasteiger partial charge in [-0.05, 0) is 37.4 Å². The number of nitrogens with one attached hydrogen (secondary N) is 2. The monoisotopic (exact) mass is 444 g/mol. The van der Waals surface area contributed by atoms with Gasteiger partial charge in [0, 0.05) is 25.7 Å². The summed E-state index contributed by atoms with van der Waals surface area (Å²) in [5.41, 5.74) is 6.79. The van der Waals surface area contributed by atoms with Gasteiger partial charge in [0.15, 0.2) is 11.5 Å². The van der Waals surface area contributed by atoms with Gasteiger partial charge >= 0.3 is 0 Å². The lowest BCUT2D eigenvalue weighted by atomic mass is 10.1. The van der Waals surface area contributed by atoms with Gasteiger partial charge in [0.1, 0.15) is 12.1 Å². The molecule has 4 aromatic rings. The van der Waals surface area contributed by atoms with Crippen LogP contribution in [0.3, 0.4) is 0 Å². The van der Waals surface area contributed by atoms with E-state index in [1.807, 2.05) is 36.4 Å². The van der Waals surface area contributed by atoms with E-state index in [1.165, 1.54) is 11.9 Å². The van der Waals surface area contributed by atoms with Gasteiger partial charge in [-0.1, -0.05) is 30.3 Å². The molecule has 0 radical (unpaired) electrons. The van der Waals surface area contributed by atoms with E-state index in [0.29, 0.717) is 11.5 Å². The molecule has 2 aromatic carbocycles. The van der Waals surface area contributed by atoms with Crippen LogP contribution in [0.25, 0.3) is 16.7 Å². The SMILES string of the molecule is COc1cccc(-n2ncc3c(N/N=C/c4ccc(CNCCN(C)C)cc4)ncnc32)c1. The molecule has 0 unspecified atom stereocenters. The summed E-state index contributed by atoms with van der Waals surface area (Å²) >= 11 is 0. The molecule has 0 amide bonds. The Hall–Kier alpha value is -3.82. The molecule has 0 aliphatic rings. The quantitative estimate of drug-likeness (QED) is 0.221. The van der Waals surface area contributed by atoms with Gasteiger partial charge in [0.2, 0.25) is 0 Å². The highest BCUT2D eigenvalue weighted by atomic mass is 16.5. The Morgan fingerprint density at radius 3 is 2.76 bits per heavy atom. The third kappa shape index (κ3) is 5.71. The zero-order valence-corrected chi connectivity index (χ0v) is 19.1. The van der Waals surface area contributed by atoms with E-state index in [-0.39, 0.29) is 0 Å². The average molecular weight is 445 g/mol. The normalized spacial score (nSPS) is 11.5. The predicted molar refractivity (Wildman–Crippen MR) is 131 cm³/mol. The lowest BCUT2D eigenvalue weighted by Crippen LogP contribution is -2.26. The van der Waals surface area contributed by atoms with Crippen molar-refractivity contribution in [3.05, 3.63) is 72.2 Å². The Bertz CT molecular complexity index is 1220. The smallest absolute Gasteiger partial charge is 0.168 e. The van der Waals surface area contributed by atoms with Gasteiger partial charge in [0.05, 0.1) is 30.6 Å². The summed E-state index contributed by atoms with van der Waals surface area (Å²) in [5.74, 6) is 1.34. The molecule has 2 heterocycles. The first-order valence-electron chi connectivity index (χ1n) is 10.7. The number of benzene rings is 2. The maximum absolute atomic E-state index is 5.31. The minimum Gasteiger partial charge on any atom is -0.497 e. The fourth-order valence-corrected chi connectivity index (χ4v) is 3.29. The third-order valence-electron chi connectivity index (χ3n) is 5.09. The summed E-state index contributed by atoms with van der Waals surface area (Å²) in [7, 11) is 5.78. The number of methoxy groups -OCH3 is 1. The highest BCUT2D eigenvalue weighted by Crippen LogP contribution is 2.23. The molecule has 2 aromatic heterocycles. The molecule has 2 N–H and O–H groups in total. The largest absolute Gasteiger partial charge is 0.497 e. The van der Waals surface area contributed by atoms with Crippen LogP contribution in [0, 0.1) is 0 Å². The summed E-state index contributed by atoms with van der Waals surface area (Å²) < 4.78 is 7.06.